The van der Waals surface area contributed by atoms with E-state index in [-0.39, 0.29) is 35.3 Å². The Kier molecular flexibility index (Phi) is 7.46. The summed E-state index contributed by atoms with van der Waals surface area (Å²) in [5, 5.41) is 22.0. The number of aliphatic carboxylic acids is 1. The number of Topliss-reactive ketones (excluding diaryl/α,β-unsaturated/α-hetero) is 1. The zero-order valence-corrected chi connectivity index (χ0v) is 18.3. The molecule has 166 valence electrons. The van der Waals surface area contributed by atoms with E-state index < -0.39 is 5.97 Å². The zero-order valence-electron chi connectivity index (χ0n) is 18.3. The van der Waals surface area contributed by atoms with Crippen LogP contribution in [0.25, 0.3) is 0 Å². The Balaban J connectivity index is 1.88. The molecule has 2 unspecified atom stereocenters. The number of hydrogen-bond donors (Lipinski definition) is 3. The molecular weight excluding hydrogens is 392 g/mol. The lowest BCUT2D eigenvalue weighted by Crippen LogP contribution is -2.48. The van der Waals surface area contributed by atoms with Crippen LogP contribution in [-0.4, -0.2) is 60.1 Å². The maximum absolute atomic E-state index is 13.3. The lowest BCUT2D eigenvalue weighted by atomic mass is 9.64. The Morgan fingerprint density at radius 1 is 1.19 bits per heavy atom. The normalized spacial score (nSPS) is 22.7. The van der Waals surface area contributed by atoms with Crippen LogP contribution in [0.2, 0.25) is 0 Å². The number of aromatic hydroxyl groups is 1. The third kappa shape index (κ3) is 5.71. The summed E-state index contributed by atoms with van der Waals surface area (Å²) >= 11 is 0. The van der Waals surface area contributed by atoms with Gasteiger partial charge in [0.1, 0.15) is 5.75 Å². The second-order valence-corrected chi connectivity index (χ2v) is 8.86. The molecule has 6 heteroatoms. The highest BCUT2D eigenvalue weighted by atomic mass is 16.4. The van der Waals surface area contributed by atoms with Crippen LogP contribution in [0.3, 0.4) is 0 Å². The fraction of sp³-hybridized carbons (Fsp3) is 0.440. The van der Waals surface area contributed by atoms with Gasteiger partial charge >= 0.3 is 5.97 Å². The smallest absolute Gasteiger partial charge is 0.317 e. The van der Waals surface area contributed by atoms with Crippen LogP contribution >= 0.6 is 0 Å². The van der Waals surface area contributed by atoms with E-state index in [9.17, 15) is 14.7 Å². The van der Waals surface area contributed by atoms with Crippen LogP contribution in [0.1, 0.15) is 35.7 Å². The van der Waals surface area contributed by atoms with Crippen molar-refractivity contribution in [3.8, 4) is 5.75 Å². The number of nitrogens with one attached hydrogen (secondary N) is 1. The summed E-state index contributed by atoms with van der Waals surface area (Å²) in [6.07, 6.45) is 1.56. The fourth-order valence-corrected chi connectivity index (χ4v) is 4.69. The number of phenols is 1. The number of likely N-dealkylation sites (tertiary alicyclic amines) is 1. The van der Waals surface area contributed by atoms with Crippen LogP contribution in [-0.2, 0) is 10.2 Å². The molecule has 2 aromatic carbocycles. The van der Waals surface area contributed by atoms with Crippen LogP contribution in [0.4, 0.5) is 0 Å². The van der Waals surface area contributed by atoms with Gasteiger partial charge in [-0.1, -0.05) is 49.4 Å². The summed E-state index contributed by atoms with van der Waals surface area (Å²) < 4.78 is 0. The van der Waals surface area contributed by atoms with Gasteiger partial charge in [-0.15, -0.1) is 0 Å². The highest BCUT2D eigenvalue weighted by molar-refractivity contribution is 5.98. The minimum atomic E-state index is -0.937. The van der Waals surface area contributed by atoms with Crippen molar-refractivity contribution in [3.05, 3.63) is 65.7 Å². The summed E-state index contributed by atoms with van der Waals surface area (Å²) in [7, 11) is 2.09. The maximum atomic E-state index is 13.3. The SMILES string of the molecule is CN1CCC(C)(c2cccc(O)c2)C(C[C@H](CNCC(=O)O)C(=O)c2ccccc2)C1. The Morgan fingerprint density at radius 3 is 2.61 bits per heavy atom. The summed E-state index contributed by atoms with van der Waals surface area (Å²) in [6.45, 7) is 4.14. The quantitative estimate of drug-likeness (QED) is 0.536. The molecule has 3 rings (SSSR count). The maximum Gasteiger partial charge on any atom is 0.317 e. The van der Waals surface area contributed by atoms with Crippen LogP contribution < -0.4 is 5.32 Å². The molecule has 1 aliphatic rings. The molecule has 1 fully saturated rings. The van der Waals surface area contributed by atoms with E-state index in [0.717, 1.165) is 25.1 Å². The van der Waals surface area contributed by atoms with Crippen molar-refractivity contribution in [3.63, 3.8) is 0 Å². The number of benzene rings is 2. The molecule has 0 amide bonds. The Bertz CT molecular complexity index is 901. The van der Waals surface area contributed by atoms with Gasteiger partial charge in [0.05, 0.1) is 6.54 Å². The predicted octanol–water partition coefficient (Wildman–Crippen LogP) is 3.17. The van der Waals surface area contributed by atoms with Gasteiger partial charge in [0, 0.05) is 24.6 Å². The molecule has 0 saturated carbocycles. The van der Waals surface area contributed by atoms with Crippen molar-refractivity contribution in [2.75, 3.05) is 33.2 Å². The number of rotatable bonds is 9. The largest absolute Gasteiger partial charge is 0.508 e. The molecular formula is C25H32N2O4. The van der Waals surface area contributed by atoms with E-state index in [1.807, 2.05) is 42.5 Å². The van der Waals surface area contributed by atoms with Gasteiger partial charge in [-0.3, -0.25) is 9.59 Å². The first kappa shape index (κ1) is 23.0. The molecule has 3 atom stereocenters. The average molecular weight is 425 g/mol. The highest BCUT2D eigenvalue weighted by Gasteiger charge is 2.41. The molecule has 1 aliphatic heterocycles. The van der Waals surface area contributed by atoms with Gasteiger partial charge in [0.15, 0.2) is 5.78 Å². The minimum absolute atomic E-state index is 0.0324. The molecule has 1 saturated heterocycles. The van der Waals surface area contributed by atoms with E-state index in [1.165, 1.54) is 0 Å². The summed E-state index contributed by atoms with van der Waals surface area (Å²) in [5.74, 6) is -0.818. The van der Waals surface area contributed by atoms with Gasteiger partial charge in [0.2, 0.25) is 0 Å². The number of nitrogens with zero attached hydrogens (tertiary/aromatic N) is 1. The van der Waals surface area contributed by atoms with Gasteiger partial charge in [-0.25, -0.2) is 0 Å². The number of carbonyl (C=O) groups is 2. The molecule has 0 aromatic heterocycles. The number of ketones is 1. The van der Waals surface area contributed by atoms with E-state index in [2.05, 4.69) is 30.3 Å². The first-order chi connectivity index (χ1) is 14.8. The zero-order chi connectivity index (χ0) is 22.4. The van der Waals surface area contributed by atoms with Crippen molar-refractivity contribution in [2.45, 2.75) is 25.2 Å². The molecule has 1 heterocycles. The van der Waals surface area contributed by atoms with Crippen molar-refractivity contribution in [1.82, 2.24) is 10.2 Å². The lowest BCUT2D eigenvalue weighted by Gasteiger charge is -2.46. The van der Waals surface area contributed by atoms with E-state index >= 15 is 0 Å². The number of hydrogen-bond acceptors (Lipinski definition) is 5. The number of carboxylic acids is 1. The topological polar surface area (TPSA) is 89.9 Å². The van der Waals surface area contributed by atoms with Gasteiger partial charge in [-0.2, -0.15) is 0 Å². The monoisotopic (exact) mass is 424 g/mol. The molecule has 6 nitrogen and oxygen atoms in total. The summed E-state index contributed by atoms with van der Waals surface area (Å²) in [4.78, 5) is 26.6. The minimum Gasteiger partial charge on any atom is -0.508 e. The number of piperidine rings is 1. The molecule has 31 heavy (non-hydrogen) atoms. The molecule has 0 radical (unpaired) electrons. The van der Waals surface area contributed by atoms with Crippen molar-refractivity contribution in [1.29, 1.82) is 0 Å². The third-order valence-electron chi connectivity index (χ3n) is 6.62. The van der Waals surface area contributed by atoms with Gasteiger partial charge < -0.3 is 20.4 Å². The number of carboxylic acid groups (broad SMARTS) is 1. The Morgan fingerprint density at radius 2 is 1.94 bits per heavy atom. The fourth-order valence-electron chi connectivity index (χ4n) is 4.69. The third-order valence-corrected chi connectivity index (χ3v) is 6.62. The first-order valence-electron chi connectivity index (χ1n) is 10.8. The Labute approximate surface area is 183 Å². The van der Waals surface area contributed by atoms with Crippen LogP contribution in [0.5, 0.6) is 5.75 Å². The average Bonchev–Trinajstić information content (AvgIpc) is 2.75. The van der Waals surface area contributed by atoms with E-state index in [0.29, 0.717) is 18.5 Å². The molecule has 0 bridgehead atoms. The molecule has 3 N–H and O–H groups in total. The number of carbonyl (C=O) groups excluding carboxylic acids is 1. The van der Waals surface area contributed by atoms with E-state index in [4.69, 9.17) is 5.11 Å². The van der Waals surface area contributed by atoms with Crippen LogP contribution in [0.15, 0.2) is 54.6 Å². The van der Waals surface area contributed by atoms with Gasteiger partial charge in [0.25, 0.3) is 0 Å². The predicted molar refractivity (Wildman–Crippen MR) is 120 cm³/mol. The summed E-state index contributed by atoms with van der Waals surface area (Å²) in [5.41, 5.74) is 1.54. The highest BCUT2D eigenvalue weighted by Crippen LogP contribution is 2.43. The second kappa shape index (κ2) is 10.1. The summed E-state index contributed by atoms with van der Waals surface area (Å²) in [6, 6.07) is 16.6. The second-order valence-electron chi connectivity index (χ2n) is 8.86. The molecule has 2 aromatic rings. The Hall–Kier alpha value is -2.70. The van der Waals surface area contributed by atoms with Crippen molar-refractivity contribution < 1.29 is 19.8 Å². The van der Waals surface area contributed by atoms with Crippen molar-refractivity contribution >= 4 is 11.8 Å². The van der Waals surface area contributed by atoms with Crippen LogP contribution in [0, 0.1) is 11.8 Å². The molecule has 0 spiro atoms. The van der Waals surface area contributed by atoms with Gasteiger partial charge in [-0.05, 0) is 55.5 Å². The molecule has 0 aliphatic carbocycles. The number of phenolic OH excluding ortho intramolecular Hbond substituents is 1. The lowest BCUT2D eigenvalue weighted by molar-refractivity contribution is -0.136. The van der Waals surface area contributed by atoms with Crippen molar-refractivity contribution in [2.24, 2.45) is 11.8 Å². The van der Waals surface area contributed by atoms with E-state index in [1.54, 1.807) is 6.07 Å². The first-order valence-corrected chi connectivity index (χ1v) is 10.8. The standard InChI is InChI=1S/C25H32N2O4/c1-25(20-9-6-10-22(28)14-20)11-12-27(2)17-21(25)13-19(15-26-16-23(29)30)24(31)18-7-4-3-5-8-18/h3-10,14,19,21,26,28H,11-13,15-17H2,1-2H3,(H,29,30)/t19-,21?,25?/m1/s1.